The van der Waals surface area contributed by atoms with E-state index in [0.717, 1.165) is 38.6 Å². The summed E-state index contributed by atoms with van der Waals surface area (Å²) >= 11 is 0. The highest BCUT2D eigenvalue weighted by Gasteiger charge is 2.27. The summed E-state index contributed by atoms with van der Waals surface area (Å²) in [6, 6.07) is 0. The fourth-order valence-electron chi connectivity index (χ4n) is 2.25. The number of nitrogens with zero attached hydrogens (tertiary/aromatic N) is 1. The summed E-state index contributed by atoms with van der Waals surface area (Å²) in [5, 5.41) is 9.43. The van der Waals surface area contributed by atoms with Gasteiger partial charge in [-0.15, -0.1) is 0 Å². The van der Waals surface area contributed by atoms with Gasteiger partial charge < -0.3 is 10.0 Å². The lowest BCUT2D eigenvalue weighted by atomic mass is 9.86. The molecule has 3 nitrogen and oxygen atoms in total. The average molecular weight is 241 g/mol. The molecule has 0 radical (unpaired) electrons. The highest BCUT2D eigenvalue weighted by Crippen LogP contribution is 2.26. The molecule has 0 heterocycles. The van der Waals surface area contributed by atoms with E-state index in [4.69, 9.17) is 0 Å². The summed E-state index contributed by atoms with van der Waals surface area (Å²) in [6.07, 6.45) is 4.11. The lowest BCUT2D eigenvalue weighted by molar-refractivity contribution is -0.136. The minimum absolute atomic E-state index is 0.142. The Labute approximate surface area is 105 Å². The number of hydrogen-bond acceptors (Lipinski definition) is 2. The van der Waals surface area contributed by atoms with Crippen molar-refractivity contribution in [1.29, 1.82) is 0 Å². The molecule has 0 saturated heterocycles. The van der Waals surface area contributed by atoms with E-state index >= 15 is 0 Å². The second kappa shape index (κ2) is 5.85. The third kappa shape index (κ3) is 5.07. The van der Waals surface area contributed by atoms with Crippen molar-refractivity contribution in [3.63, 3.8) is 0 Å². The number of rotatable bonds is 3. The number of hydrogen-bond donors (Lipinski definition) is 1. The van der Waals surface area contributed by atoms with Gasteiger partial charge >= 0.3 is 0 Å². The summed E-state index contributed by atoms with van der Waals surface area (Å²) in [6.45, 7) is 7.42. The van der Waals surface area contributed by atoms with Crippen molar-refractivity contribution in [3.8, 4) is 0 Å². The van der Waals surface area contributed by atoms with Gasteiger partial charge in [-0.1, -0.05) is 20.8 Å². The maximum Gasteiger partial charge on any atom is 0.225 e. The third-order valence-electron chi connectivity index (χ3n) is 3.62. The zero-order chi connectivity index (χ0) is 13.1. The molecule has 0 aromatic carbocycles. The van der Waals surface area contributed by atoms with Gasteiger partial charge in [-0.25, -0.2) is 0 Å². The molecule has 0 atom stereocenters. The van der Waals surface area contributed by atoms with Crippen LogP contribution in [0.15, 0.2) is 0 Å². The van der Waals surface area contributed by atoms with Crippen LogP contribution in [0.4, 0.5) is 0 Å². The van der Waals surface area contributed by atoms with Gasteiger partial charge in [-0.2, -0.15) is 0 Å². The van der Waals surface area contributed by atoms with Gasteiger partial charge in [0.25, 0.3) is 0 Å². The van der Waals surface area contributed by atoms with Crippen LogP contribution in [0.3, 0.4) is 0 Å². The smallest absolute Gasteiger partial charge is 0.225 e. The zero-order valence-corrected chi connectivity index (χ0v) is 11.7. The Morgan fingerprint density at radius 3 is 2.24 bits per heavy atom. The van der Waals surface area contributed by atoms with E-state index < -0.39 is 0 Å². The molecule has 0 aromatic rings. The van der Waals surface area contributed by atoms with E-state index in [1.165, 1.54) is 0 Å². The number of aliphatic hydroxyl groups is 1. The van der Waals surface area contributed by atoms with Crippen LogP contribution >= 0.6 is 0 Å². The van der Waals surface area contributed by atoms with E-state index in [1.807, 2.05) is 11.9 Å². The Balaban J connectivity index is 2.36. The number of aliphatic hydroxyl groups excluding tert-OH is 1. The Morgan fingerprint density at radius 1 is 1.24 bits per heavy atom. The van der Waals surface area contributed by atoms with Crippen LogP contribution in [0.5, 0.6) is 0 Å². The molecule has 1 fully saturated rings. The maximum atomic E-state index is 12.2. The van der Waals surface area contributed by atoms with Crippen LogP contribution < -0.4 is 0 Å². The summed E-state index contributed by atoms with van der Waals surface area (Å²) in [4.78, 5) is 14.0. The number of carbonyl (C=O) groups excluding carboxylic acids is 1. The molecule has 0 unspecified atom stereocenters. The number of amides is 1. The highest BCUT2D eigenvalue weighted by molar-refractivity contribution is 5.78. The van der Waals surface area contributed by atoms with Crippen LogP contribution in [-0.4, -0.2) is 35.6 Å². The monoisotopic (exact) mass is 241 g/mol. The summed E-state index contributed by atoms with van der Waals surface area (Å²) in [5.74, 6) is 0.407. The van der Waals surface area contributed by atoms with Crippen LogP contribution in [0, 0.1) is 11.3 Å². The van der Waals surface area contributed by atoms with E-state index in [9.17, 15) is 9.90 Å². The molecule has 0 aromatic heterocycles. The fraction of sp³-hybridized carbons (Fsp3) is 0.929. The highest BCUT2D eigenvalue weighted by atomic mass is 16.3. The van der Waals surface area contributed by atoms with Gasteiger partial charge in [-0.3, -0.25) is 4.79 Å². The lowest BCUT2D eigenvalue weighted by Gasteiger charge is -2.30. The molecule has 17 heavy (non-hydrogen) atoms. The molecule has 1 aliphatic carbocycles. The van der Waals surface area contributed by atoms with Crippen LogP contribution in [0.2, 0.25) is 0 Å². The van der Waals surface area contributed by atoms with Gasteiger partial charge in [0, 0.05) is 19.5 Å². The second-order valence-corrected chi connectivity index (χ2v) is 6.58. The topological polar surface area (TPSA) is 40.5 Å². The van der Waals surface area contributed by atoms with Gasteiger partial charge in [0.1, 0.15) is 0 Å². The summed E-state index contributed by atoms with van der Waals surface area (Å²) in [5.41, 5.74) is 0.275. The Morgan fingerprint density at radius 2 is 1.76 bits per heavy atom. The van der Waals surface area contributed by atoms with Crippen molar-refractivity contribution < 1.29 is 9.90 Å². The Kier molecular flexibility index (Phi) is 4.99. The van der Waals surface area contributed by atoms with Crippen molar-refractivity contribution >= 4 is 5.91 Å². The SMILES string of the molecule is CN(CCC(C)(C)C)C(=O)C1CCC(O)CC1. The Hall–Kier alpha value is -0.570. The molecule has 1 rings (SSSR count). The van der Waals surface area contributed by atoms with Gasteiger partial charge in [-0.05, 0) is 37.5 Å². The Bertz CT molecular complexity index is 249. The normalized spacial score (nSPS) is 25.7. The van der Waals surface area contributed by atoms with E-state index in [2.05, 4.69) is 20.8 Å². The predicted octanol–water partition coefficient (Wildman–Crippen LogP) is 2.43. The molecule has 0 bridgehead atoms. The first-order chi connectivity index (χ1) is 7.79. The molecular formula is C14H27NO2. The molecule has 1 aliphatic rings. The summed E-state index contributed by atoms with van der Waals surface area (Å²) in [7, 11) is 1.90. The first-order valence-corrected chi connectivity index (χ1v) is 6.72. The predicted molar refractivity (Wildman–Crippen MR) is 69.7 cm³/mol. The molecule has 3 heteroatoms. The molecule has 1 saturated carbocycles. The fourth-order valence-corrected chi connectivity index (χ4v) is 2.25. The van der Waals surface area contributed by atoms with Crippen LogP contribution in [0.1, 0.15) is 52.9 Å². The van der Waals surface area contributed by atoms with Crippen molar-refractivity contribution in [1.82, 2.24) is 4.90 Å². The van der Waals surface area contributed by atoms with Crippen LogP contribution in [0.25, 0.3) is 0 Å². The van der Waals surface area contributed by atoms with Crippen molar-refractivity contribution in [2.45, 2.75) is 59.0 Å². The second-order valence-electron chi connectivity index (χ2n) is 6.58. The lowest BCUT2D eigenvalue weighted by Crippen LogP contribution is -2.37. The third-order valence-corrected chi connectivity index (χ3v) is 3.62. The maximum absolute atomic E-state index is 12.2. The van der Waals surface area contributed by atoms with Gasteiger partial charge in [0.15, 0.2) is 0 Å². The van der Waals surface area contributed by atoms with Crippen molar-refractivity contribution in [3.05, 3.63) is 0 Å². The molecule has 0 spiro atoms. The van der Waals surface area contributed by atoms with E-state index in [0.29, 0.717) is 0 Å². The van der Waals surface area contributed by atoms with Crippen molar-refractivity contribution in [2.75, 3.05) is 13.6 Å². The number of carbonyl (C=O) groups is 1. The van der Waals surface area contributed by atoms with Gasteiger partial charge in [0.2, 0.25) is 5.91 Å². The largest absolute Gasteiger partial charge is 0.393 e. The molecule has 1 N–H and O–H groups in total. The molecule has 1 amide bonds. The standard InChI is InChI=1S/C14H27NO2/c1-14(2,3)9-10-15(4)13(17)11-5-7-12(16)8-6-11/h11-12,16H,5-10H2,1-4H3. The first kappa shape index (κ1) is 14.5. The summed E-state index contributed by atoms with van der Waals surface area (Å²) < 4.78 is 0. The molecule has 100 valence electrons. The quantitative estimate of drug-likeness (QED) is 0.824. The molecule has 0 aliphatic heterocycles. The molecular weight excluding hydrogens is 214 g/mol. The minimum Gasteiger partial charge on any atom is -0.393 e. The van der Waals surface area contributed by atoms with Crippen molar-refractivity contribution in [2.24, 2.45) is 11.3 Å². The first-order valence-electron chi connectivity index (χ1n) is 6.72. The van der Waals surface area contributed by atoms with Gasteiger partial charge in [0.05, 0.1) is 6.10 Å². The van der Waals surface area contributed by atoms with E-state index in [1.54, 1.807) is 0 Å². The average Bonchev–Trinajstić information content (AvgIpc) is 2.25. The van der Waals surface area contributed by atoms with Crippen LogP contribution in [-0.2, 0) is 4.79 Å². The van der Waals surface area contributed by atoms with E-state index in [-0.39, 0.29) is 23.3 Å². The minimum atomic E-state index is -0.182. The zero-order valence-electron chi connectivity index (χ0n) is 11.7.